The van der Waals surface area contributed by atoms with Gasteiger partial charge in [0.15, 0.2) is 0 Å². The molecule has 1 aliphatic rings. The molecular formula is C9H18N2O3. The van der Waals surface area contributed by atoms with Crippen molar-refractivity contribution in [1.29, 1.82) is 0 Å². The van der Waals surface area contributed by atoms with E-state index in [-0.39, 0.29) is 18.2 Å². The minimum atomic E-state index is -0.735. The van der Waals surface area contributed by atoms with Crippen LogP contribution >= 0.6 is 0 Å². The van der Waals surface area contributed by atoms with Gasteiger partial charge < -0.3 is 15.6 Å². The summed E-state index contributed by atoms with van der Waals surface area (Å²) < 4.78 is 5.43. The number of aliphatic carboxylic acids is 1. The number of hydrogen-bond acceptors (Lipinski definition) is 4. The predicted octanol–water partition coefficient (Wildman–Crippen LogP) is -0.239. The normalized spacial score (nSPS) is 29.9. The van der Waals surface area contributed by atoms with E-state index in [9.17, 15) is 4.79 Å². The van der Waals surface area contributed by atoms with Crippen LogP contribution in [0.1, 0.15) is 19.8 Å². The van der Waals surface area contributed by atoms with Crippen molar-refractivity contribution < 1.29 is 14.6 Å². The van der Waals surface area contributed by atoms with Crippen LogP contribution in [0, 0.1) is 5.92 Å². The van der Waals surface area contributed by atoms with E-state index < -0.39 is 5.97 Å². The van der Waals surface area contributed by atoms with Crippen LogP contribution in [0.25, 0.3) is 0 Å². The first-order valence-electron chi connectivity index (χ1n) is 4.93. The van der Waals surface area contributed by atoms with Gasteiger partial charge in [0.2, 0.25) is 0 Å². The molecule has 5 heteroatoms. The van der Waals surface area contributed by atoms with Crippen molar-refractivity contribution in [3.8, 4) is 0 Å². The van der Waals surface area contributed by atoms with Crippen molar-refractivity contribution in [2.45, 2.75) is 32.0 Å². The third-order valence-corrected chi connectivity index (χ3v) is 2.27. The quantitative estimate of drug-likeness (QED) is 0.586. The van der Waals surface area contributed by atoms with Gasteiger partial charge in [0.05, 0.1) is 12.5 Å². The summed E-state index contributed by atoms with van der Waals surface area (Å²) in [5.74, 6) is -1.02. The van der Waals surface area contributed by atoms with Crippen molar-refractivity contribution in [2.24, 2.45) is 11.7 Å². The number of nitrogens with one attached hydrogen (secondary N) is 1. The van der Waals surface area contributed by atoms with Crippen molar-refractivity contribution in [2.75, 3.05) is 13.2 Å². The molecule has 1 saturated heterocycles. The van der Waals surface area contributed by atoms with Crippen LogP contribution in [0.15, 0.2) is 0 Å². The lowest BCUT2D eigenvalue weighted by Crippen LogP contribution is -2.43. The van der Waals surface area contributed by atoms with E-state index in [4.69, 9.17) is 15.6 Å². The average molecular weight is 202 g/mol. The Morgan fingerprint density at radius 3 is 3.07 bits per heavy atom. The van der Waals surface area contributed by atoms with Crippen molar-refractivity contribution in [3.05, 3.63) is 0 Å². The second-order valence-corrected chi connectivity index (χ2v) is 3.81. The van der Waals surface area contributed by atoms with E-state index >= 15 is 0 Å². The van der Waals surface area contributed by atoms with E-state index in [1.165, 1.54) is 0 Å². The molecule has 3 atom stereocenters. The highest BCUT2D eigenvalue weighted by Crippen LogP contribution is 2.16. The standard InChI is InChI=1S/C9H18N2O3/c1-6(10)5-14-8-4-7(9(12)13)2-3-11-8/h6-8,11H,2-5,10H2,1H3,(H,12,13). The summed E-state index contributed by atoms with van der Waals surface area (Å²) in [6, 6.07) is -0.0120. The van der Waals surface area contributed by atoms with Gasteiger partial charge in [-0.05, 0) is 19.9 Å². The molecule has 1 heterocycles. The summed E-state index contributed by atoms with van der Waals surface area (Å²) in [5, 5.41) is 11.9. The Morgan fingerprint density at radius 1 is 1.79 bits per heavy atom. The zero-order valence-electron chi connectivity index (χ0n) is 8.40. The van der Waals surface area contributed by atoms with Gasteiger partial charge >= 0.3 is 5.97 Å². The zero-order chi connectivity index (χ0) is 10.6. The monoisotopic (exact) mass is 202 g/mol. The van der Waals surface area contributed by atoms with Gasteiger partial charge in [0.1, 0.15) is 6.23 Å². The maximum Gasteiger partial charge on any atom is 0.306 e. The molecule has 0 spiro atoms. The first-order valence-corrected chi connectivity index (χ1v) is 4.93. The smallest absolute Gasteiger partial charge is 0.306 e. The Balaban J connectivity index is 2.29. The van der Waals surface area contributed by atoms with E-state index in [0.717, 1.165) is 0 Å². The molecule has 0 amide bonds. The van der Waals surface area contributed by atoms with Gasteiger partial charge in [0.25, 0.3) is 0 Å². The van der Waals surface area contributed by atoms with Gasteiger partial charge in [-0.3, -0.25) is 10.1 Å². The lowest BCUT2D eigenvalue weighted by atomic mass is 9.97. The average Bonchev–Trinajstić information content (AvgIpc) is 2.15. The summed E-state index contributed by atoms with van der Waals surface area (Å²) in [5.41, 5.74) is 5.53. The molecule has 82 valence electrons. The number of ether oxygens (including phenoxy) is 1. The van der Waals surface area contributed by atoms with Crippen molar-refractivity contribution >= 4 is 5.97 Å². The Kier molecular flexibility index (Phi) is 4.31. The molecule has 1 rings (SSSR count). The highest BCUT2D eigenvalue weighted by molar-refractivity contribution is 5.70. The fourth-order valence-electron chi connectivity index (χ4n) is 1.50. The van der Waals surface area contributed by atoms with Gasteiger partial charge in [0, 0.05) is 12.5 Å². The molecule has 3 unspecified atom stereocenters. The van der Waals surface area contributed by atoms with Gasteiger partial charge in [-0.15, -0.1) is 0 Å². The van der Waals surface area contributed by atoms with Crippen LogP contribution in [-0.2, 0) is 9.53 Å². The van der Waals surface area contributed by atoms with Crippen molar-refractivity contribution in [1.82, 2.24) is 5.32 Å². The van der Waals surface area contributed by atoms with Crippen molar-refractivity contribution in [3.63, 3.8) is 0 Å². The molecule has 0 aromatic rings. The van der Waals surface area contributed by atoms with E-state index in [0.29, 0.717) is 26.0 Å². The molecule has 1 aliphatic heterocycles. The molecule has 0 radical (unpaired) electrons. The molecule has 14 heavy (non-hydrogen) atoms. The van der Waals surface area contributed by atoms with E-state index in [2.05, 4.69) is 5.32 Å². The number of carboxylic acid groups (broad SMARTS) is 1. The minimum absolute atomic E-state index is 0.0120. The summed E-state index contributed by atoms with van der Waals surface area (Å²) in [6.07, 6.45) is 1.05. The number of carbonyl (C=O) groups is 1. The number of hydrogen-bond donors (Lipinski definition) is 3. The van der Waals surface area contributed by atoms with E-state index in [1.807, 2.05) is 6.92 Å². The topological polar surface area (TPSA) is 84.6 Å². The van der Waals surface area contributed by atoms with E-state index in [1.54, 1.807) is 0 Å². The fraction of sp³-hybridized carbons (Fsp3) is 0.889. The third kappa shape index (κ3) is 3.61. The van der Waals surface area contributed by atoms with Gasteiger partial charge in [-0.25, -0.2) is 0 Å². The first kappa shape index (κ1) is 11.4. The molecule has 0 aromatic carbocycles. The molecule has 4 N–H and O–H groups in total. The van der Waals surface area contributed by atoms with Crippen LogP contribution in [0.4, 0.5) is 0 Å². The minimum Gasteiger partial charge on any atom is -0.481 e. The Morgan fingerprint density at radius 2 is 2.50 bits per heavy atom. The molecule has 1 fully saturated rings. The lowest BCUT2D eigenvalue weighted by molar-refractivity contribution is -0.145. The highest BCUT2D eigenvalue weighted by atomic mass is 16.5. The number of rotatable bonds is 4. The highest BCUT2D eigenvalue weighted by Gasteiger charge is 2.26. The lowest BCUT2D eigenvalue weighted by Gasteiger charge is -2.28. The second-order valence-electron chi connectivity index (χ2n) is 3.81. The number of nitrogens with two attached hydrogens (primary N) is 1. The molecule has 0 bridgehead atoms. The molecule has 0 aromatic heterocycles. The Hall–Kier alpha value is -0.650. The Labute approximate surface area is 83.6 Å². The molecule has 5 nitrogen and oxygen atoms in total. The van der Waals surface area contributed by atoms with Crippen LogP contribution in [0.5, 0.6) is 0 Å². The summed E-state index contributed by atoms with van der Waals surface area (Å²) in [4.78, 5) is 10.7. The fourth-order valence-corrected chi connectivity index (χ4v) is 1.50. The van der Waals surface area contributed by atoms with Crippen LogP contribution in [0.2, 0.25) is 0 Å². The predicted molar refractivity (Wildman–Crippen MR) is 51.8 cm³/mol. The van der Waals surface area contributed by atoms with Crippen LogP contribution < -0.4 is 11.1 Å². The van der Waals surface area contributed by atoms with Gasteiger partial charge in [-0.1, -0.05) is 0 Å². The Bertz CT molecular complexity index is 196. The summed E-state index contributed by atoms with van der Waals surface area (Å²) in [7, 11) is 0. The summed E-state index contributed by atoms with van der Waals surface area (Å²) >= 11 is 0. The molecule has 0 aliphatic carbocycles. The SMILES string of the molecule is CC(N)COC1CC(C(=O)O)CCN1. The largest absolute Gasteiger partial charge is 0.481 e. The maximum absolute atomic E-state index is 10.7. The molecule has 0 saturated carbocycles. The number of carboxylic acids is 1. The van der Waals surface area contributed by atoms with Crippen LogP contribution in [0.3, 0.4) is 0 Å². The van der Waals surface area contributed by atoms with Gasteiger partial charge in [-0.2, -0.15) is 0 Å². The van der Waals surface area contributed by atoms with Crippen LogP contribution in [-0.4, -0.2) is 36.5 Å². The first-order chi connectivity index (χ1) is 6.59. The second kappa shape index (κ2) is 5.29. The molecular weight excluding hydrogens is 184 g/mol. The zero-order valence-corrected chi connectivity index (χ0v) is 8.40. The third-order valence-electron chi connectivity index (χ3n) is 2.27. The summed E-state index contributed by atoms with van der Waals surface area (Å²) in [6.45, 7) is 3.02. The maximum atomic E-state index is 10.7. The number of piperidine rings is 1.